The van der Waals surface area contributed by atoms with Crippen molar-refractivity contribution in [1.29, 1.82) is 0 Å². The summed E-state index contributed by atoms with van der Waals surface area (Å²) in [6.07, 6.45) is 0. The lowest BCUT2D eigenvalue weighted by molar-refractivity contribution is 0.0920. The van der Waals surface area contributed by atoms with Crippen LogP contribution in [0.25, 0.3) is 0 Å². The highest BCUT2D eigenvalue weighted by molar-refractivity contribution is 5.99. The molecule has 1 aromatic carbocycles. The second-order valence-corrected chi connectivity index (χ2v) is 4.29. The highest BCUT2D eigenvalue weighted by Gasteiger charge is 2.16. The van der Waals surface area contributed by atoms with Gasteiger partial charge in [-0.15, -0.1) is 0 Å². The van der Waals surface area contributed by atoms with Crippen molar-refractivity contribution in [2.45, 2.75) is 26.3 Å². The van der Waals surface area contributed by atoms with Gasteiger partial charge < -0.3 is 11.1 Å². The zero-order chi connectivity index (χ0) is 10.8. The van der Waals surface area contributed by atoms with Gasteiger partial charge in [-0.2, -0.15) is 0 Å². The predicted molar refractivity (Wildman–Crippen MR) is 58.1 cm³/mol. The normalized spacial score (nSPS) is 11.1. The Morgan fingerprint density at radius 2 is 1.86 bits per heavy atom. The summed E-state index contributed by atoms with van der Waals surface area (Å²) in [5, 5.41) is 2.86. The van der Waals surface area contributed by atoms with Crippen LogP contribution in [0.2, 0.25) is 0 Å². The number of amides is 1. The zero-order valence-corrected chi connectivity index (χ0v) is 8.79. The van der Waals surface area contributed by atoms with E-state index in [0.29, 0.717) is 11.3 Å². The number of rotatable bonds is 1. The monoisotopic (exact) mass is 192 g/mol. The van der Waals surface area contributed by atoms with Crippen LogP contribution in [0.5, 0.6) is 0 Å². The number of hydrogen-bond donors (Lipinski definition) is 2. The highest BCUT2D eigenvalue weighted by Crippen LogP contribution is 2.11. The van der Waals surface area contributed by atoms with E-state index in [1.165, 1.54) is 0 Å². The number of anilines is 1. The molecule has 0 aliphatic rings. The molecule has 0 unspecified atom stereocenters. The second kappa shape index (κ2) is 3.70. The molecule has 3 N–H and O–H groups in total. The van der Waals surface area contributed by atoms with Gasteiger partial charge in [0, 0.05) is 11.2 Å². The van der Waals surface area contributed by atoms with E-state index in [1.807, 2.05) is 26.8 Å². The van der Waals surface area contributed by atoms with Crippen LogP contribution >= 0.6 is 0 Å². The molecule has 0 heterocycles. The zero-order valence-electron chi connectivity index (χ0n) is 8.79. The number of carbonyl (C=O) groups is 1. The van der Waals surface area contributed by atoms with Crippen LogP contribution in [0.15, 0.2) is 24.3 Å². The van der Waals surface area contributed by atoms with E-state index in [1.54, 1.807) is 18.2 Å². The first kappa shape index (κ1) is 10.6. The van der Waals surface area contributed by atoms with Crippen LogP contribution in [0.4, 0.5) is 5.69 Å². The third-order valence-electron chi connectivity index (χ3n) is 1.69. The Bertz CT molecular complexity index is 339. The molecule has 0 aromatic heterocycles. The van der Waals surface area contributed by atoms with Gasteiger partial charge in [-0.3, -0.25) is 4.79 Å². The number of nitrogen functional groups attached to an aromatic ring is 1. The summed E-state index contributed by atoms with van der Waals surface area (Å²) in [4.78, 5) is 11.7. The van der Waals surface area contributed by atoms with E-state index in [4.69, 9.17) is 5.73 Å². The van der Waals surface area contributed by atoms with Crippen LogP contribution in [0, 0.1) is 0 Å². The molecule has 0 aliphatic carbocycles. The molecular formula is C11H16N2O. The Hall–Kier alpha value is -1.51. The van der Waals surface area contributed by atoms with E-state index in [-0.39, 0.29) is 11.4 Å². The summed E-state index contributed by atoms with van der Waals surface area (Å²) < 4.78 is 0. The van der Waals surface area contributed by atoms with Gasteiger partial charge in [-0.05, 0) is 32.9 Å². The summed E-state index contributed by atoms with van der Waals surface area (Å²) in [7, 11) is 0. The second-order valence-electron chi connectivity index (χ2n) is 4.29. The number of carbonyl (C=O) groups excluding carboxylic acids is 1. The fourth-order valence-electron chi connectivity index (χ4n) is 1.11. The lowest BCUT2D eigenvalue weighted by atomic mass is 10.1. The molecular weight excluding hydrogens is 176 g/mol. The van der Waals surface area contributed by atoms with Crippen molar-refractivity contribution in [1.82, 2.24) is 5.32 Å². The minimum absolute atomic E-state index is 0.129. The molecule has 0 spiro atoms. The van der Waals surface area contributed by atoms with E-state index in [9.17, 15) is 4.79 Å². The van der Waals surface area contributed by atoms with Gasteiger partial charge >= 0.3 is 0 Å². The number of benzene rings is 1. The first-order chi connectivity index (χ1) is 6.40. The highest BCUT2D eigenvalue weighted by atomic mass is 16.1. The molecule has 1 amide bonds. The average Bonchev–Trinajstić information content (AvgIpc) is 2.01. The molecule has 0 saturated carbocycles. The number of nitrogens with two attached hydrogens (primary N) is 1. The lowest BCUT2D eigenvalue weighted by Gasteiger charge is -2.20. The molecule has 0 fully saturated rings. The Labute approximate surface area is 84.3 Å². The van der Waals surface area contributed by atoms with Crippen molar-refractivity contribution >= 4 is 11.6 Å². The van der Waals surface area contributed by atoms with Crippen molar-refractivity contribution in [3.05, 3.63) is 29.8 Å². The maximum Gasteiger partial charge on any atom is 0.253 e. The first-order valence-corrected chi connectivity index (χ1v) is 4.57. The van der Waals surface area contributed by atoms with Gasteiger partial charge in [0.05, 0.1) is 5.56 Å². The number of hydrogen-bond acceptors (Lipinski definition) is 2. The van der Waals surface area contributed by atoms with Crippen LogP contribution in [0.3, 0.4) is 0 Å². The summed E-state index contributed by atoms with van der Waals surface area (Å²) in [6.45, 7) is 5.80. The van der Waals surface area contributed by atoms with Gasteiger partial charge in [0.25, 0.3) is 5.91 Å². The molecule has 0 atom stereocenters. The van der Waals surface area contributed by atoms with E-state index < -0.39 is 0 Å². The lowest BCUT2D eigenvalue weighted by Crippen LogP contribution is -2.40. The third-order valence-corrected chi connectivity index (χ3v) is 1.69. The Morgan fingerprint density at radius 3 is 2.36 bits per heavy atom. The maximum atomic E-state index is 11.7. The molecule has 1 rings (SSSR count). The molecule has 3 nitrogen and oxygen atoms in total. The fraction of sp³-hybridized carbons (Fsp3) is 0.364. The Balaban J connectivity index is 2.86. The number of para-hydroxylation sites is 1. The van der Waals surface area contributed by atoms with Crippen molar-refractivity contribution in [2.24, 2.45) is 0 Å². The van der Waals surface area contributed by atoms with E-state index in [2.05, 4.69) is 5.32 Å². The molecule has 14 heavy (non-hydrogen) atoms. The van der Waals surface area contributed by atoms with Gasteiger partial charge in [0.1, 0.15) is 0 Å². The first-order valence-electron chi connectivity index (χ1n) is 4.57. The summed E-state index contributed by atoms with van der Waals surface area (Å²) in [6, 6.07) is 7.05. The molecule has 0 radical (unpaired) electrons. The van der Waals surface area contributed by atoms with Crippen LogP contribution in [-0.4, -0.2) is 11.4 Å². The topological polar surface area (TPSA) is 55.1 Å². The van der Waals surface area contributed by atoms with E-state index >= 15 is 0 Å². The predicted octanol–water partition coefficient (Wildman–Crippen LogP) is 1.80. The smallest absolute Gasteiger partial charge is 0.253 e. The molecule has 0 bridgehead atoms. The van der Waals surface area contributed by atoms with Crippen LogP contribution in [-0.2, 0) is 0 Å². The van der Waals surface area contributed by atoms with Gasteiger partial charge in [0.15, 0.2) is 0 Å². The Kier molecular flexibility index (Phi) is 2.79. The summed E-state index contributed by atoms with van der Waals surface area (Å²) >= 11 is 0. The SMILES string of the molecule is CC(C)(C)NC(=O)c1ccccc1N. The van der Waals surface area contributed by atoms with Gasteiger partial charge in [0.2, 0.25) is 0 Å². The van der Waals surface area contributed by atoms with Gasteiger partial charge in [-0.25, -0.2) is 0 Å². The van der Waals surface area contributed by atoms with Crippen molar-refractivity contribution in [2.75, 3.05) is 5.73 Å². The molecule has 1 aromatic rings. The largest absolute Gasteiger partial charge is 0.398 e. The van der Waals surface area contributed by atoms with Gasteiger partial charge in [-0.1, -0.05) is 12.1 Å². The fourth-order valence-corrected chi connectivity index (χ4v) is 1.11. The maximum absolute atomic E-state index is 11.7. The van der Waals surface area contributed by atoms with Crippen LogP contribution < -0.4 is 11.1 Å². The summed E-state index contributed by atoms with van der Waals surface area (Å²) in [5.41, 5.74) is 6.48. The van der Waals surface area contributed by atoms with Crippen molar-refractivity contribution in [3.8, 4) is 0 Å². The van der Waals surface area contributed by atoms with Crippen LogP contribution in [0.1, 0.15) is 31.1 Å². The Morgan fingerprint density at radius 1 is 1.29 bits per heavy atom. The molecule has 0 saturated heterocycles. The average molecular weight is 192 g/mol. The van der Waals surface area contributed by atoms with E-state index in [0.717, 1.165) is 0 Å². The minimum Gasteiger partial charge on any atom is -0.398 e. The molecule has 0 aliphatic heterocycles. The molecule has 3 heteroatoms. The summed E-state index contributed by atoms with van der Waals surface area (Å²) in [5.74, 6) is -0.129. The molecule has 76 valence electrons. The standard InChI is InChI=1S/C11H16N2O/c1-11(2,3)13-10(14)8-6-4-5-7-9(8)12/h4-7H,12H2,1-3H3,(H,13,14). The third kappa shape index (κ3) is 2.76. The quantitative estimate of drug-likeness (QED) is 0.666. The number of nitrogens with one attached hydrogen (secondary N) is 1. The van der Waals surface area contributed by atoms with Crippen molar-refractivity contribution in [3.63, 3.8) is 0 Å². The minimum atomic E-state index is -0.237. The van der Waals surface area contributed by atoms with Crippen molar-refractivity contribution < 1.29 is 4.79 Å².